The van der Waals surface area contributed by atoms with Gasteiger partial charge >= 0.3 is 0 Å². The van der Waals surface area contributed by atoms with Gasteiger partial charge in [0.05, 0.1) is 36.8 Å². The zero-order valence-corrected chi connectivity index (χ0v) is 13.5. The Morgan fingerprint density at radius 1 is 1.08 bits per heavy atom. The molecule has 26 heavy (non-hydrogen) atoms. The second-order valence-corrected chi connectivity index (χ2v) is 4.97. The van der Waals surface area contributed by atoms with Crippen LogP contribution in [0, 0.1) is 21.7 Å². The summed E-state index contributed by atoms with van der Waals surface area (Å²) < 4.78 is 43.7. The summed E-state index contributed by atoms with van der Waals surface area (Å²) >= 11 is 0. The van der Waals surface area contributed by atoms with Gasteiger partial charge in [0.1, 0.15) is 5.52 Å². The van der Waals surface area contributed by atoms with Crippen molar-refractivity contribution in [1.29, 1.82) is 0 Å². The maximum Gasteiger partial charge on any atom is 0.275 e. The Balaban J connectivity index is 2.11. The summed E-state index contributed by atoms with van der Waals surface area (Å²) in [5, 5.41) is 10.7. The predicted molar refractivity (Wildman–Crippen MR) is 85.7 cm³/mol. The molecule has 0 spiro atoms. The number of hydrogen-bond donors (Lipinski definition) is 0. The number of aromatic nitrogens is 2. The Kier molecular flexibility index (Phi) is 4.48. The molecule has 3 aromatic rings. The topological polar surface area (TPSA) is 96.6 Å². The second kappa shape index (κ2) is 6.75. The van der Waals surface area contributed by atoms with Crippen LogP contribution in [0.3, 0.4) is 0 Å². The quantitative estimate of drug-likeness (QED) is 0.504. The van der Waals surface area contributed by atoms with E-state index in [0.717, 1.165) is 0 Å². The molecule has 0 N–H and O–H groups in total. The van der Waals surface area contributed by atoms with E-state index in [4.69, 9.17) is 14.2 Å². The van der Waals surface area contributed by atoms with Crippen molar-refractivity contribution >= 4 is 16.7 Å². The molecule has 0 amide bonds. The third-order valence-electron chi connectivity index (χ3n) is 3.43. The van der Waals surface area contributed by atoms with Gasteiger partial charge in [-0.25, -0.2) is 13.8 Å². The molecule has 0 unspecified atom stereocenters. The van der Waals surface area contributed by atoms with Crippen molar-refractivity contribution in [2.24, 2.45) is 0 Å². The first kappa shape index (κ1) is 17.3. The lowest BCUT2D eigenvalue weighted by Gasteiger charge is -2.12. The van der Waals surface area contributed by atoms with Gasteiger partial charge in [-0.15, -0.1) is 0 Å². The van der Waals surface area contributed by atoms with E-state index in [0.29, 0.717) is 23.4 Å². The van der Waals surface area contributed by atoms with Crippen LogP contribution in [0.4, 0.5) is 14.5 Å². The number of nitrogens with zero attached hydrogens (tertiary/aromatic N) is 3. The van der Waals surface area contributed by atoms with Gasteiger partial charge in [0.2, 0.25) is 0 Å². The Bertz CT molecular complexity index is 990. The number of methoxy groups -OCH3 is 2. The van der Waals surface area contributed by atoms with E-state index in [1.807, 2.05) is 0 Å². The van der Waals surface area contributed by atoms with E-state index in [-0.39, 0.29) is 17.1 Å². The average molecular weight is 363 g/mol. The average Bonchev–Trinajstić information content (AvgIpc) is 2.63. The van der Waals surface area contributed by atoms with Crippen molar-refractivity contribution in [1.82, 2.24) is 9.97 Å². The predicted octanol–water partition coefficient (Wildman–Crippen LogP) is 3.63. The zero-order valence-electron chi connectivity index (χ0n) is 13.5. The number of non-ortho nitro benzene ring substituents is 1. The van der Waals surface area contributed by atoms with Crippen molar-refractivity contribution in [3.05, 3.63) is 52.2 Å². The molecule has 1 aromatic carbocycles. The number of benzene rings is 1. The van der Waals surface area contributed by atoms with Crippen LogP contribution in [0.2, 0.25) is 0 Å². The molecule has 134 valence electrons. The molecule has 10 heteroatoms. The lowest BCUT2D eigenvalue weighted by atomic mass is 10.2. The molecule has 0 aliphatic heterocycles. The summed E-state index contributed by atoms with van der Waals surface area (Å²) in [6.45, 7) is 0. The lowest BCUT2D eigenvalue weighted by Crippen LogP contribution is -1.99. The van der Waals surface area contributed by atoms with Gasteiger partial charge in [0, 0.05) is 18.3 Å². The monoisotopic (exact) mass is 363 g/mol. The lowest BCUT2D eigenvalue weighted by molar-refractivity contribution is -0.385. The minimum atomic E-state index is -1.22. The van der Waals surface area contributed by atoms with Crippen LogP contribution in [0.1, 0.15) is 0 Å². The van der Waals surface area contributed by atoms with Gasteiger partial charge in [-0.2, -0.15) is 0 Å². The molecule has 0 radical (unpaired) electrons. The highest BCUT2D eigenvalue weighted by atomic mass is 19.1. The van der Waals surface area contributed by atoms with E-state index in [1.165, 1.54) is 32.5 Å². The maximum absolute atomic E-state index is 14.1. The van der Waals surface area contributed by atoms with Crippen LogP contribution in [0.5, 0.6) is 23.1 Å². The molecule has 2 heterocycles. The molecule has 2 aromatic heterocycles. The third-order valence-corrected chi connectivity index (χ3v) is 3.43. The number of fused-ring (bicyclic) bond motifs is 1. The van der Waals surface area contributed by atoms with Crippen molar-refractivity contribution in [2.75, 3.05) is 14.2 Å². The molecule has 0 bridgehead atoms. The van der Waals surface area contributed by atoms with Gasteiger partial charge < -0.3 is 14.2 Å². The highest BCUT2D eigenvalue weighted by molar-refractivity contribution is 5.83. The molecule has 0 aliphatic carbocycles. The molecular weight excluding hydrogens is 352 g/mol. The standard InChI is InChI=1S/C16H11F2N3O5/c1-24-13-7-11-14(20-16(13)25-2)12(3-4-19-11)26-15-9(17)5-8(21(22)23)6-10(15)18/h3-7H,1-2H3. The van der Waals surface area contributed by atoms with Crippen LogP contribution in [-0.4, -0.2) is 29.1 Å². The fourth-order valence-electron chi connectivity index (χ4n) is 2.25. The highest BCUT2D eigenvalue weighted by Crippen LogP contribution is 2.36. The zero-order chi connectivity index (χ0) is 18.8. The fourth-order valence-corrected chi connectivity index (χ4v) is 2.25. The molecule has 0 aliphatic rings. The molecule has 0 saturated heterocycles. The Morgan fingerprint density at radius 3 is 2.35 bits per heavy atom. The third kappa shape index (κ3) is 3.04. The number of nitro groups is 1. The molecule has 0 saturated carbocycles. The van der Waals surface area contributed by atoms with Crippen molar-refractivity contribution in [3.63, 3.8) is 0 Å². The van der Waals surface area contributed by atoms with E-state index in [9.17, 15) is 18.9 Å². The summed E-state index contributed by atoms with van der Waals surface area (Å²) in [7, 11) is 2.80. The van der Waals surface area contributed by atoms with Gasteiger partial charge in [0.15, 0.2) is 28.9 Å². The van der Waals surface area contributed by atoms with E-state index in [2.05, 4.69) is 9.97 Å². The fraction of sp³-hybridized carbons (Fsp3) is 0.125. The first-order valence-electron chi connectivity index (χ1n) is 7.13. The Labute approximate surface area is 145 Å². The first-order chi connectivity index (χ1) is 12.4. The normalized spacial score (nSPS) is 10.6. The van der Waals surface area contributed by atoms with E-state index >= 15 is 0 Å². The summed E-state index contributed by atoms with van der Waals surface area (Å²) in [6, 6.07) is 4.01. The molecule has 0 fully saturated rings. The van der Waals surface area contributed by atoms with E-state index in [1.54, 1.807) is 0 Å². The Morgan fingerprint density at radius 2 is 1.77 bits per heavy atom. The summed E-state index contributed by atoms with van der Waals surface area (Å²) in [4.78, 5) is 18.0. The number of hydrogen-bond acceptors (Lipinski definition) is 7. The minimum Gasteiger partial charge on any atom is -0.491 e. The minimum absolute atomic E-state index is 0.0115. The molecule has 3 rings (SSSR count). The smallest absolute Gasteiger partial charge is 0.275 e. The van der Waals surface area contributed by atoms with Crippen LogP contribution in [0.25, 0.3) is 11.0 Å². The summed E-state index contributed by atoms with van der Waals surface area (Å²) in [6.07, 6.45) is 1.35. The Hall–Kier alpha value is -3.56. The number of rotatable bonds is 5. The summed E-state index contributed by atoms with van der Waals surface area (Å²) in [5.74, 6) is -2.80. The van der Waals surface area contributed by atoms with E-state index < -0.39 is 28.0 Å². The SMILES string of the molecule is COc1cc2nccc(Oc3c(F)cc([N+](=O)[O-])cc3F)c2nc1OC. The number of halogens is 2. The molecular formula is C16H11F2N3O5. The van der Waals surface area contributed by atoms with Crippen molar-refractivity contribution in [3.8, 4) is 23.1 Å². The van der Waals surface area contributed by atoms with Crippen LogP contribution in [-0.2, 0) is 0 Å². The molecule has 0 atom stereocenters. The van der Waals surface area contributed by atoms with Crippen LogP contribution in [0.15, 0.2) is 30.5 Å². The number of nitro benzene ring substituents is 1. The summed E-state index contributed by atoms with van der Waals surface area (Å²) in [5.41, 5.74) is -0.221. The number of pyridine rings is 2. The van der Waals surface area contributed by atoms with Gasteiger partial charge in [-0.3, -0.25) is 15.1 Å². The largest absolute Gasteiger partial charge is 0.491 e. The molecule has 8 nitrogen and oxygen atoms in total. The van der Waals surface area contributed by atoms with Crippen molar-refractivity contribution in [2.45, 2.75) is 0 Å². The van der Waals surface area contributed by atoms with Crippen LogP contribution < -0.4 is 14.2 Å². The first-order valence-corrected chi connectivity index (χ1v) is 7.13. The van der Waals surface area contributed by atoms with Gasteiger partial charge in [0.25, 0.3) is 11.6 Å². The number of ether oxygens (including phenoxy) is 3. The van der Waals surface area contributed by atoms with Crippen LogP contribution >= 0.6 is 0 Å². The van der Waals surface area contributed by atoms with Gasteiger partial charge in [-0.1, -0.05) is 0 Å². The van der Waals surface area contributed by atoms with Crippen molar-refractivity contribution < 1.29 is 27.9 Å². The second-order valence-electron chi connectivity index (χ2n) is 4.97. The van der Waals surface area contributed by atoms with Gasteiger partial charge in [-0.05, 0) is 0 Å². The maximum atomic E-state index is 14.1. The highest BCUT2D eigenvalue weighted by Gasteiger charge is 2.21.